The molecule has 0 amide bonds. The summed E-state index contributed by atoms with van der Waals surface area (Å²) in [6.45, 7) is 6.64. The van der Waals surface area contributed by atoms with Crippen molar-refractivity contribution < 1.29 is 4.74 Å². The first kappa shape index (κ1) is 18.4. The normalized spacial score (nSPS) is 11.9. The van der Waals surface area contributed by atoms with Gasteiger partial charge in [-0.15, -0.1) is 0 Å². The van der Waals surface area contributed by atoms with Gasteiger partial charge >= 0.3 is 0 Å². The maximum atomic E-state index is 5.21. The summed E-state index contributed by atoms with van der Waals surface area (Å²) >= 11 is 4.65. The number of benzene rings is 1. The van der Waals surface area contributed by atoms with Gasteiger partial charge in [-0.25, -0.2) is 0 Å². The summed E-state index contributed by atoms with van der Waals surface area (Å²) in [6.07, 6.45) is 4.99. The molecule has 0 fully saturated rings. The van der Waals surface area contributed by atoms with Crippen LogP contribution in [0.3, 0.4) is 0 Å². The Morgan fingerprint density at radius 2 is 1.67 bits per heavy atom. The van der Waals surface area contributed by atoms with Crippen molar-refractivity contribution in [1.29, 1.82) is 0 Å². The molecular weight excluding hydrogens is 278 g/mol. The summed E-state index contributed by atoms with van der Waals surface area (Å²) in [5, 5.41) is 0. The van der Waals surface area contributed by atoms with Crippen LogP contribution in [0.5, 0.6) is 5.75 Å². The van der Waals surface area contributed by atoms with Crippen molar-refractivity contribution >= 4 is 12.6 Å². The van der Waals surface area contributed by atoms with Gasteiger partial charge in [-0.1, -0.05) is 38.8 Å². The van der Waals surface area contributed by atoms with Gasteiger partial charge in [0.15, 0.2) is 0 Å². The standard InChI is InChI=1S/C18H31NOS/c1-5-11-18(15-21,12-6-2)14-19(3)13-16-7-9-17(20-4)10-8-16/h7-10,21H,5-6,11-15H2,1-4H3. The monoisotopic (exact) mass is 309 g/mol. The molecule has 0 saturated heterocycles. The van der Waals surface area contributed by atoms with Crippen LogP contribution in [-0.4, -0.2) is 31.4 Å². The lowest BCUT2D eigenvalue weighted by Crippen LogP contribution is -2.37. The van der Waals surface area contributed by atoms with E-state index < -0.39 is 0 Å². The Morgan fingerprint density at radius 3 is 2.10 bits per heavy atom. The SMILES string of the molecule is CCCC(CS)(CCC)CN(C)Cc1ccc(OC)cc1. The van der Waals surface area contributed by atoms with Crippen LogP contribution in [0.1, 0.15) is 45.1 Å². The van der Waals surface area contributed by atoms with Crippen LogP contribution in [-0.2, 0) is 6.54 Å². The third-order valence-corrected chi connectivity index (χ3v) is 4.78. The largest absolute Gasteiger partial charge is 0.497 e. The Bertz CT molecular complexity index is 385. The Morgan fingerprint density at radius 1 is 1.10 bits per heavy atom. The summed E-state index contributed by atoms with van der Waals surface area (Å²) in [7, 11) is 3.92. The van der Waals surface area contributed by atoms with Crippen LogP contribution in [0, 0.1) is 5.41 Å². The minimum Gasteiger partial charge on any atom is -0.497 e. The molecule has 0 heterocycles. The van der Waals surface area contributed by atoms with Gasteiger partial charge in [0.1, 0.15) is 5.75 Å². The fraction of sp³-hybridized carbons (Fsp3) is 0.667. The van der Waals surface area contributed by atoms with E-state index >= 15 is 0 Å². The van der Waals surface area contributed by atoms with Gasteiger partial charge in [0.05, 0.1) is 7.11 Å². The molecule has 0 atom stereocenters. The zero-order valence-corrected chi connectivity index (χ0v) is 15.0. The quantitative estimate of drug-likeness (QED) is 0.632. The molecule has 21 heavy (non-hydrogen) atoms. The second kappa shape index (κ2) is 9.37. The number of hydrogen-bond acceptors (Lipinski definition) is 3. The van der Waals surface area contributed by atoms with Gasteiger partial charge in [0, 0.05) is 13.1 Å². The molecule has 0 aliphatic rings. The molecule has 0 aliphatic heterocycles. The molecule has 0 unspecified atom stereocenters. The highest BCUT2D eigenvalue weighted by Crippen LogP contribution is 2.32. The topological polar surface area (TPSA) is 12.5 Å². The van der Waals surface area contributed by atoms with Gasteiger partial charge in [0.25, 0.3) is 0 Å². The van der Waals surface area contributed by atoms with E-state index in [4.69, 9.17) is 4.74 Å². The smallest absolute Gasteiger partial charge is 0.118 e. The highest BCUT2D eigenvalue weighted by atomic mass is 32.1. The van der Waals surface area contributed by atoms with Crippen LogP contribution in [0.2, 0.25) is 0 Å². The van der Waals surface area contributed by atoms with Crippen molar-refractivity contribution in [2.24, 2.45) is 5.41 Å². The van der Waals surface area contributed by atoms with Gasteiger partial charge in [0.2, 0.25) is 0 Å². The van der Waals surface area contributed by atoms with Crippen molar-refractivity contribution in [2.75, 3.05) is 26.5 Å². The van der Waals surface area contributed by atoms with E-state index in [2.05, 4.69) is 50.6 Å². The first-order valence-electron chi connectivity index (χ1n) is 8.01. The molecule has 1 aromatic carbocycles. The van der Waals surface area contributed by atoms with E-state index in [1.54, 1.807) is 7.11 Å². The van der Waals surface area contributed by atoms with Crippen LogP contribution in [0.4, 0.5) is 0 Å². The number of thiol groups is 1. The zero-order valence-electron chi connectivity index (χ0n) is 14.1. The molecule has 1 rings (SSSR count). The molecule has 0 N–H and O–H groups in total. The Labute approximate surface area is 136 Å². The number of rotatable bonds is 10. The maximum Gasteiger partial charge on any atom is 0.118 e. The average Bonchev–Trinajstić information content (AvgIpc) is 2.48. The lowest BCUT2D eigenvalue weighted by molar-refractivity contribution is 0.165. The third kappa shape index (κ3) is 5.91. The number of ether oxygens (including phenoxy) is 1. The highest BCUT2D eigenvalue weighted by molar-refractivity contribution is 7.80. The first-order chi connectivity index (χ1) is 10.1. The van der Waals surface area contributed by atoms with Gasteiger partial charge in [-0.3, -0.25) is 0 Å². The van der Waals surface area contributed by atoms with Gasteiger partial charge < -0.3 is 9.64 Å². The zero-order chi connectivity index (χ0) is 15.7. The van der Waals surface area contributed by atoms with Gasteiger partial charge in [-0.05, 0) is 48.8 Å². The summed E-state index contributed by atoms with van der Waals surface area (Å²) < 4.78 is 5.21. The molecule has 120 valence electrons. The molecule has 0 bridgehead atoms. The van der Waals surface area contributed by atoms with Crippen molar-refractivity contribution in [1.82, 2.24) is 4.90 Å². The van der Waals surface area contributed by atoms with E-state index in [9.17, 15) is 0 Å². The molecule has 0 saturated carbocycles. The van der Waals surface area contributed by atoms with E-state index in [0.717, 1.165) is 24.6 Å². The molecule has 0 spiro atoms. The molecule has 1 aromatic rings. The van der Waals surface area contributed by atoms with Crippen molar-refractivity contribution in [3.05, 3.63) is 29.8 Å². The second-order valence-corrected chi connectivity index (χ2v) is 6.49. The minimum atomic E-state index is 0.355. The third-order valence-electron chi connectivity index (χ3n) is 4.11. The van der Waals surface area contributed by atoms with Gasteiger partial charge in [-0.2, -0.15) is 12.6 Å². The predicted molar refractivity (Wildman–Crippen MR) is 95.4 cm³/mol. The van der Waals surface area contributed by atoms with E-state index in [0.29, 0.717) is 5.41 Å². The van der Waals surface area contributed by atoms with Crippen LogP contribution < -0.4 is 4.74 Å². The van der Waals surface area contributed by atoms with Crippen LogP contribution in [0.15, 0.2) is 24.3 Å². The molecular formula is C18H31NOS. The number of nitrogens with zero attached hydrogens (tertiary/aromatic N) is 1. The van der Waals surface area contributed by atoms with Crippen molar-refractivity contribution in [3.63, 3.8) is 0 Å². The predicted octanol–water partition coefficient (Wildman–Crippen LogP) is 4.64. The fourth-order valence-electron chi connectivity index (χ4n) is 3.22. The lowest BCUT2D eigenvalue weighted by atomic mass is 9.80. The number of methoxy groups -OCH3 is 1. The molecule has 2 nitrogen and oxygen atoms in total. The number of hydrogen-bond donors (Lipinski definition) is 1. The summed E-state index contributed by atoms with van der Waals surface area (Å²) in [5.74, 6) is 1.89. The van der Waals surface area contributed by atoms with E-state index in [1.807, 2.05) is 12.1 Å². The summed E-state index contributed by atoms with van der Waals surface area (Å²) in [4.78, 5) is 2.43. The summed E-state index contributed by atoms with van der Waals surface area (Å²) in [5.41, 5.74) is 1.69. The first-order valence-corrected chi connectivity index (χ1v) is 8.64. The van der Waals surface area contributed by atoms with Crippen LogP contribution in [0.25, 0.3) is 0 Å². The Balaban J connectivity index is 2.65. The second-order valence-electron chi connectivity index (χ2n) is 6.18. The van der Waals surface area contributed by atoms with Crippen LogP contribution >= 0.6 is 12.6 Å². The highest BCUT2D eigenvalue weighted by Gasteiger charge is 2.28. The molecule has 0 radical (unpaired) electrons. The summed E-state index contributed by atoms with van der Waals surface area (Å²) in [6, 6.07) is 8.37. The minimum absolute atomic E-state index is 0.355. The Kier molecular flexibility index (Phi) is 8.20. The molecule has 0 aliphatic carbocycles. The van der Waals surface area contributed by atoms with E-state index in [-0.39, 0.29) is 0 Å². The molecule has 0 aromatic heterocycles. The lowest BCUT2D eigenvalue weighted by Gasteiger charge is -2.36. The van der Waals surface area contributed by atoms with Crippen molar-refractivity contribution in [2.45, 2.75) is 46.1 Å². The van der Waals surface area contributed by atoms with Crippen molar-refractivity contribution in [3.8, 4) is 5.75 Å². The van der Waals surface area contributed by atoms with E-state index in [1.165, 1.54) is 31.2 Å². The Hall–Kier alpha value is -0.670. The molecule has 3 heteroatoms. The fourth-order valence-corrected chi connectivity index (χ4v) is 3.64. The maximum absolute atomic E-state index is 5.21. The average molecular weight is 310 g/mol.